The first-order valence-electron chi connectivity index (χ1n) is 8.08. The number of carbonyl (C=O) groups is 2. The summed E-state index contributed by atoms with van der Waals surface area (Å²) < 4.78 is 12.0. The van der Waals surface area contributed by atoms with Crippen LogP contribution in [-0.4, -0.2) is 48.6 Å². The molecule has 1 heterocycles. The van der Waals surface area contributed by atoms with Gasteiger partial charge in [-0.15, -0.1) is 0 Å². The Bertz CT molecular complexity index is 634. The molecule has 0 aromatic heterocycles. The molecule has 0 atom stereocenters. The average molecular weight is 349 g/mol. The van der Waals surface area contributed by atoms with E-state index in [1.165, 1.54) is 0 Å². The summed E-state index contributed by atoms with van der Waals surface area (Å²) in [6, 6.07) is 6.81. The van der Waals surface area contributed by atoms with Crippen LogP contribution in [0.3, 0.4) is 0 Å². The third-order valence-corrected chi connectivity index (χ3v) is 4.36. The van der Waals surface area contributed by atoms with Crippen molar-refractivity contribution >= 4 is 30.4 Å². The molecule has 4 N–H and O–H groups in total. The molecule has 9 heteroatoms. The lowest BCUT2D eigenvalue weighted by molar-refractivity contribution is 0.00578. The van der Waals surface area contributed by atoms with Crippen LogP contribution in [0.1, 0.15) is 27.7 Å². The van der Waals surface area contributed by atoms with E-state index in [4.69, 9.17) is 14.4 Å². The van der Waals surface area contributed by atoms with E-state index in [1.807, 2.05) is 39.8 Å². The van der Waals surface area contributed by atoms with Crippen molar-refractivity contribution in [3.63, 3.8) is 0 Å². The molecular weight excluding hydrogens is 325 g/mol. The van der Waals surface area contributed by atoms with Crippen molar-refractivity contribution in [2.75, 3.05) is 18.4 Å². The number of benzene rings is 1. The quantitative estimate of drug-likeness (QED) is 0.474. The first kappa shape index (κ1) is 19.1. The fraction of sp³-hybridized carbons (Fsp3) is 0.500. The maximum Gasteiger partial charge on any atom is 0.494 e. The molecule has 8 nitrogen and oxygen atoms in total. The number of hydrogen-bond acceptors (Lipinski definition) is 4. The molecule has 0 radical (unpaired) electrons. The third kappa shape index (κ3) is 4.86. The molecule has 2 rings (SSSR count). The predicted molar refractivity (Wildman–Crippen MR) is 95.2 cm³/mol. The maximum absolute atomic E-state index is 11.8. The van der Waals surface area contributed by atoms with Crippen molar-refractivity contribution in [2.24, 2.45) is 0 Å². The van der Waals surface area contributed by atoms with Gasteiger partial charge >= 0.3 is 19.2 Å². The van der Waals surface area contributed by atoms with Gasteiger partial charge in [-0.2, -0.15) is 0 Å². The van der Waals surface area contributed by atoms with Crippen molar-refractivity contribution in [1.82, 2.24) is 10.6 Å². The van der Waals surface area contributed by atoms with Gasteiger partial charge in [0, 0.05) is 18.8 Å². The minimum atomic E-state index is -1.13. The molecule has 1 saturated heterocycles. The molecule has 1 aromatic carbocycles. The van der Waals surface area contributed by atoms with E-state index in [0.717, 1.165) is 5.46 Å². The largest absolute Gasteiger partial charge is 0.494 e. The molecule has 1 aromatic rings. The van der Waals surface area contributed by atoms with E-state index in [0.29, 0.717) is 5.69 Å². The van der Waals surface area contributed by atoms with Gasteiger partial charge in [0.2, 0.25) is 0 Å². The standard InChI is InChI=1S/C16H24BN3O5/c1-15(2)16(3,4)25-17(24-15)11-6-5-7-12(10-11)20-13(21)18-8-9-19-14(22)23/h5-7,10,19H,8-9H2,1-4H3,(H,22,23)(H2,18,20,21). The SMILES string of the molecule is CC1(C)OB(c2cccc(NC(=O)NCCNC(=O)O)c2)OC1(C)C. The molecule has 136 valence electrons. The highest BCUT2D eigenvalue weighted by molar-refractivity contribution is 6.62. The molecule has 0 saturated carbocycles. The van der Waals surface area contributed by atoms with Gasteiger partial charge in [-0.3, -0.25) is 0 Å². The highest BCUT2D eigenvalue weighted by Gasteiger charge is 2.51. The van der Waals surface area contributed by atoms with Crippen molar-refractivity contribution < 1.29 is 24.0 Å². The van der Waals surface area contributed by atoms with Crippen LogP contribution in [0.25, 0.3) is 0 Å². The second-order valence-electron chi connectivity index (χ2n) is 6.83. The Morgan fingerprint density at radius 3 is 2.28 bits per heavy atom. The number of anilines is 1. The van der Waals surface area contributed by atoms with Crippen LogP contribution in [0, 0.1) is 0 Å². The van der Waals surface area contributed by atoms with Crippen molar-refractivity contribution in [3.05, 3.63) is 24.3 Å². The van der Waals surface area contributed by atoms with E-state index >= 15 is 0 Å². The lowest BCUT2D eigenvalue weighted by Crippen LogP contribution is -2.41. The summed E-state index contributed by atoms with van der Waals surface area (Å²) in [6.45, 7) is 8.24. The van der Waals surface area contributed by atoms with E-state index < -0.39 is 30.4 Å². The van der Waals surface area contributed by atoms with Crippen molar-refractivity contribution in [2.45, 2.75) is 38.9 Å². The van der Waals surface area contributed by atoms with Crippen LogP contribution < -0.4 is 21.4 Å². The summed E-state index contributed by atoms with van der Waals surface area (Å²) in [6.07, 6.45) is -1.13. The van der Waals surface area contributed by atoms with Crippen LogP contribution in [-0.2, 0) is 9.31 Å². The Morgan fingerprint density at radius 2 is 1.68 bits per heavy atom. The molecule has 1 fully saturated rings. The highest BCUT2D eigenvalue weighted by Crippen LogP contribution is 2.36. The van der Waals surface area contributed by atoms with Crippen LogP contribution >= 0.6 is 0 Å². The Balaban J connectivity index is 1.93. The second-order valence-corrected chi connectivity index (χ2v) is 6.83. The van der Waals surface area contributed by atoms with Crippen molar-refractivity contribution in [3.8, 4) is 0 Å². The fourth-order valence-electron chi connectivity index (χ4n) is 2.26. The number of carboxylic acid groups (broad SMARTS) is 1. The minimum absolute atomic E-state index is 0.136. The summed E-state index contributed by atoms with van der Waals surface area (Å²) >= 11 is 0. The van der Waals surface area contributed by atoms with E-state index in [2.05, 4.69) is 16.0 Å². The molecule has 3 amide bonds. The fourth-order valence-corrected chi connectivity index (χ4v) is 2.26. The van der Waals surface area contributed by atoms with Gasteiger partial charge in [-0.25, -0.2) is 9.59 Å². The highest BCUT2D eigenvalue weighted by atomic mass is 16.7. The molecule has 0 bridgehead atoms. The molecule has 0 aliphatic carbocycles. The number of carbonyl (C=O) groups excluding carboxylic acids is 1. The maximum atomic E-state index is 11.8. The number of amides is 3. The first-order valence-corrected chi connectivity index (χ1v) is 8.08. The lowest BCUT2D eigenvalue weighted by atomic mass is 9.79. The van der Waals surface area contributed by atoms with Gasteiger partial charge in [0.1, 0.15) is 0 Å². The first-order chi connectivity index (χ1) is 11.6. The van der Waals surface area contributed by atoms with E-state index in [1.54, 1.807) is 12.1 Å². The topological polar surface area (TPSA) is 109 Å². The number of hydrogen-bond donors (Lipinski definition) is 4. The summed E-state index contributed by atoms with van der Waals surface area (Å²) in [7, 11) is -0.505. The van der Waals surface area contributed by atoms with Gasteiger partial charge in [0.15, 0.2) is 0 Å². The Morgan fingerprint density at radius 1 is 1.08 bits per heavy atom. The molecular formula is C16H24BN3O5. The van der Waals surface area contributed by atoms with Gasteiger partial charge in [0.05, 0.1) is 11.2 Å². The number of urea groups is 1. The Labute approximate surface area is 147 Å². The zero-order valence-corrected chi connectivity index (χ0v) is 14.9. The monoisotopic (exact) mass is 349 g/mol. The van der Waals surface area contributed by atoms with Crippen LogP contribution in [0.2, 0.25) is 0 Å². The number of rotatable bonds is 5. The molecule has 1 aliphatic rings. The zero-order valence-electron chi connectivity index (χ0n) is 14.9. The van der Waals surface area contributed by atoms with Crippen molar-refractivity contribution in [1.29, 1.82) is 0 Å². The second kappa shape index (κ2) is 7.32. The zero-order chi connectivity index (χ0) is 18.7. The molecule has 0 unspecified atom stereocenters. The third-order valence-electron chi connectivity index (χ3n) is 4.36. The van der Waals surface area contributed by atoms with Gasteiger partial charge in [-0.05, 0) is 45.3 Å². The summed E-state index contributed by atoms with van der Waals surface area (Å²) in [5.74, 6) is 0. The minimum Gasteiger partial charge on any atom is -0.465 e. The normalized spacial score (nSPS) is 17.8. The van der Waals surface area contributed by atoms with Gasteiger partial charge < -0.3 is 30.4 Å². The van der Waals surface area contributed by atoms with Crippen LogP contribution in [0.5, 0.6) is 0 Å². The van der Waals surface area contributed by atoms with Gasteiger partial charge in [-0.1, -0.05) is 12.1 Å². The number of nitrogens with one attached hydrogen (secondary N) is 3. The van der Waals surface area contributed by atoms with Gasteiger partial charge in [0.25, 0.3) is 0 Å². The summed E-state index contributed by atoms with van der Waals surface area (Å²) in [5, 5.41) is 15.9. The molecule has 25 heavy (non-hydrogen) atoms. The molecule has 1 aliphatic heterocycles. The summed E-state index contributed by atoms with van der Waals surface area (Å²) in [4.78, 5) is 22.2. The van der Waals surface area contributed by atoms with E-state index in [-0.39, 0.29) is 13.1 Å². The average Bonchev–Trinajstić information content (AvgIpc) is 2.72. The van der Waals surface area contributed by atoms with Crippen LogP contribution in [0.15, 0.2) is 24.3 Å². The van der Waals surface area contributed by atoms with Crippen LogP contribution in [0.4, 0.5) is 15.3 Å². The lowest BCUT2D eigenvalue weighted by Gasteiger charge is -2.32. The molecule has 0 spiro atoms. The summed E-state index contributed by atoms with van der Waals surface area (Å²) in [5.41, 5.74) is 0.533. The predicted octanol–water partition coefficient (Wildman–Crippen LogP) is 1.37. The smallest absolute Gasteiger partial charge is 0.465 e. The Kier molecular flexibility index (Phi) is 5.59. The van der Waals surface area contributed by atoms with E-state index in [9.17, 15) is 9.59 Å². The Hall–Kier alpha value is -2.26.